The van der Waals surface area contributed by atoms with Crippen molar-refractivity contribution in [3.8, 4) is 0 Å². The number of amides is 1. The van der Waals surface area contributed by atoms with Crippen molar-refractivity contribution in [3.05, 3.63) is 89.5 Å². The highest BCUT2D eigenvalue weighted by molar-refractivity contribution is 6.00. The maximum absolute atomic E-state index is 12.4. The number of anilines is 1. The highest BCUT2D eigenvalue weighted by Crippen LogP contribution is 2.37. The number of carbonyl (C=O) groups is 1. The predicted molar refractivity (Wildman–Crippen MR) is 154 cm³/mol. The predicted octanol–water partition coefficient (Wildman–Crippen LogP) is 5.67. The lowest BCUT2D eigenvalue weighted by Gasteiger charge is -2.36. The second-order valence-electron chi connectivity index (χ2n) is 10.9. The van der Waals surface area contributed by atoms with Crippen LogP contribution in [0.2, 0.25) is 0 Å². The maximum Gasteiger partial charge on any atom is 0.410 e. The van der Waals surface area contributed by atoms with Gasteiger partial charge in [0.05, 0.1) is 6.10 Å². The number of ether oxygens (including phenoxy) is 1. The fraction of sp³-hybridized carbons (Fsp3) is 0.406. The number of benzene rings is 2. The largest absolute Gasteiger partial charge is 0.444 e. The summed E-state index contributed by atoms with van der Waals surface area (Å²) in [5.41, 5.74) is 6.28. The SMILES string of the molecule is CC(C)(C)OC(=O)N1CCN(c2ccc(/C(C3=CCC(O)C=C3)=C(/CCCO)c3ccccc3)cc2)CC1. The minimum absolute atomic E-state index is 0.130. The zero-order valence-electron chi connectivity index (χ0n) is 22.8. The lowest BCUT2D eigenvalue weighted by atomic mass is 9.85. The van der Waals surface area contributed by atoms with Gasteiger partial charge in [-0.1, -0.05) is 60.7 Å². The Balaban J connectivity index is 1.60. The van der Waals surface area contributed by atoms with Crippen LogP contribution in [-0.2, 0) is 4.74 Å². The van der Waals surface area contributed by atoms with Crippen LogP contribution in [0.1, 0.15) is 51.2 Å². The van der Waals surface area contributed by atoms with E-state index in [1.165, 1.54) is 5.57 Å². The third kappa shape index (κ3) is 7.15. The molecule has 0 spiro atoms. The highest BCUT2D eigenvalue weighted by atomic mass is 16.6. The van der Waals surface area contributed by atoms with Crippen LogP contribution < -0.4 is 4.90 Å². The monoisotopic (exact) mass is 516 g/mol. The molecule has 1 heterocycles. The lowest BCUT2D eigenvalue weighted by Crippen LogP contribution is -2.50. The Morgan fingerprint density at radius 1 is 0.974 bits per heavy atom. The van der Waals surface area contributed by atoms with Gasteiger partial charge in [-0.05, 0) is 80.0 Å². The summed E-state index contributed by atoms with van der Waals surface area (Å²) in [7, 11) is 0. The summed E-state index contributed by atoms with van der Waals surface area (Å²) in [5.74, 6) is 0. The van der Waals surface area contributed by atoms with Gasteiger partial charge in [-0.15, -0.1) is 0 Å². The fourth-order valence-corrected chi connectivity index (χ4v) is 4.93. The van der Waals surface area contributed by atoms with Crippen LogP contribution >= 0.6 is 0 Å². The third-order valence-electron chi connectivity index (χ3n) is 6.83. The summed E-state index contributed by atoms with van der Waals surface area (Å²) in [6.07, 6.45) is 7.25. The molecule has 2 aliphatic rings. The van der Waals surface area contributed by atoms with Crippen molar-refractivity contribution in [3.63, 3.8) is 0 Å². The molecule has 1 saturated heterocycles. The van der Waals surface area contributed by atoms with Crippen molar-refractivity contribution < 1.29 is 19.7 Å². The molecule has 2 N–H and O–H groups in total. The van der Waals surface area contributed by atoms with Crippen LogP contribution in [0.3, 0.4) is 0 Å². The minimum Gasteiger partial charge on any atom is -0.444 e. The Morgan fingerprint density at radius 3 is 2.24 bits per heavy atom. The summed E-state index contributed by atoms with van der Waals surface area (Å²) in [6, 6.07) is 18.9. The Labute approximate surface area is 226 Å². The van der Waals surface area contributed by atoms with Crippen LogP contribution in [0.4, 0.5) is 10.5 Å². The van der Waals surface area contributed by atoms with Crippen LogP contribution in [0.25, 0.3) is 11.1 Å². The van der Waals surface area contributed by atoms with Crippen LogP contribution in [0, 0.1) is 0 Å². The summed E-state index contributed by atoms with van der Waals surface area (Å²) in [4.78, 5) is 16.5. The molecule has 1 aliphatic heterocycles. The normalized spacial score (nSPS) is 18.7. The lowest BCUT2D eigenvalue weighted by molar-refractivity contribution is 0.0240. The third-order valence-corrected chi connectivity index (χ3v) is 6.83. The first-order valence-corrected chi connectivity index (χ1v) is 13.5. The van der Waals surface area contributed by atoms with Gasteiger partial charge in [0.2, 0.25) is 0 Å². The van der Waals surface area contributed by atoms with Crippen LogP contribution in [-0.4, -0.2) is 65.7 Å². The quantitative estimate of drug-likeness (QED) is 0.464. The first-order chi connectivity index (χ1) is 18.2. The number of aliphatic hydroxyl groups is 2. The summed E-state index contributed by atoms with van der Waals surface area (Å²) in [6.45, 7) is 8.55. The van der Waals surface area contributed by atoms with Gasteiger partial charge >= 0.3 is 6.09 Å². The average molecular weight is 517 g/mol. The van der Waals surface area contributed by atoms with E-state index >= 15 is 0 Å². The zero-order chi connectivity index (χ0) is 27.1. The van der Waals surface area contributed by atoms with E-state index in [2.05, 4.69) is 47.4 Å². The van der Waals surface area contributed by atoms with E-state index in [1.807, 2.05) is 51.1 Å². The molecule has 38 heavy (non-hydrogen) atoms. The molecule has 0 saturated carbocycles. The summed E-state index contributed by atoms with van der Waals surface area (Å²) < 4.78 is 5.53. The van der Waals surface area contributed by atoms with Gasteiger partial charge in [-0.25, -0.2) is 4.79 Å². The van der Waals surface area contributed by atoms with Crippen molar-refractivity contribution >= 4 is 22.9 Å². The van der Waals surface area contributed by atoms with E-state index in [4.69, 9.17) is 4.74 Å². The molecule has 6 nitrogen and oxygen atoms in total. The van der Waals surface area contributed by atoms with E-state index in [0.29, 0.717) is 25.9 Å². The first kappa shape index (κ1) is 27.7. The Kier molecular flexibility index (Phi) is 9.08. The number of hydrogen-bond acceptors (Lipinski definition) is 5. The molecule has 1 unspecified atom stereocenters. The molecule has 2 aromatic carbocycles. The van der Waals surface area contributed by atoms with E-state index < -0.39 is 11.7 Å². The van der Waals surface area contributed by atoms with Gasteiger partial charge in [0.1, 0.15) is 5.60 Å². The molecule has 1 atom stereocenters. The van der Waals surface area contributed by atoms with Gasteiger partial charge < -0.3 is 24.7 Å². The van der Waals surface area contributed by atoms with Gasteiger partial charge in [-0.2, -0.15) is 0 Å². The second kappa shape index (κ2) is 12.5. The molecular formula is C32H40N2O4. The number of allylic oxidation sites excluding steroid dienone is 4. The van der Waals surface area contributed by atoms with E-state index in [1.54, 1.807) is 4.90 Å². The maximum atomic E-state index is 12.4. The van der Waals surface area contributed by atoms with Gasteiger partial charge in [-0.3, -0.25) is 0 Å². The van der Waals surface area contributed by atoms with Crippen molar-refractivity contribution in [2.75, 3.05) is 37.7 Å². The molecule has 1 aliphatic carbocycles. The van der Waals surface area contributed by atoms with Gasteiger partial charge in [0.25, 0.3) is 0 Å². The molecule has 0 bridgehead atoms. The van der Waals surface area contributed by atoms with Gasteiger partial charge in [0, 0.05) is 38.5 Å². The number of carbonyl (C=O) groups excluding carboxylic acids is 1. The van der Waals surface area contributed by atoms with E-state index in [0.717, 1.165) is 47.5 Å². The zero-order valence-corrected chi connectivity index (χ0v) is 22.8. The topological polar surface area (TPSA) is 73.2 Å². The number of hydrogen-bond donors (Lipinski definition) is 2. The van der Waals surface area contributed by atoms with Crippen molar-refractivity contribution in [1.29, 1.82) is 0 Å². The number of rotatable bonds is 7. The van der Waals surface area contributed by atoms with Crippen LogP contribution in [0.5, 0.6) is 0 Å². The number of aliphatic hydroxyl groups excluding tert-OH is 2. The highest BCUT2D eigenvalue weighted by Gasteiger charge is 2.26. The Hall–Kier alpha value is -3.35. The molecule has 202 valence electrons. The molecule has 0 aromatic heterocycles. The van der Waals surface area contributed by atoms with Crippen molar-refractivity contribution in [2.24, 2.45) is 0 Å². The molecule has 2 aromatic rings. The van der Waals surface area contributed by atoms with E-state index in [-0.39, 0.29) is 12.7 Å². The van der Waals surface area contributed by atoms with Crippen molar-refractivity contribution in [1.82, 2.24) is 4.90 Å². The van der Waals surface area contributed by atoms with Crippen molar-refractivity contribution in [2.45, 2.75) is 51.7 Å². The summed E-state index contributed by atoms with van der Waals surface area (Å²) in [5, 5.41) is 19.7. The second-order valence-corrected chi connectivity index (χ2v) is 10.9. The van der Waals surface area contributed by atoms with Gasteiger partial charge in [0.15, 0.2) is 0 Å². The standard InChI is InChI=1S/C32H40N2O4/c1-32(2,3)38-31(37)34-21-19-33(20-22-34)27-15-11-25(12-16-27)30(26-13-17-28(36)18-14-26)29(10-7-23-35)24-8-5-4-6-9-24/h4-6,8-9,11-17,28,35-36H,7,10,18-23H2,1-3H3/b30-29+. The molecule has 1 amide bonds. The molecule has 1 fully saturated rings. The molecular weight excluding hydrogens is 476 g/mol. The average Bonchev–Trinajstić information content (AvgIpc) is 2.92. The van der Waals surface area contributed by atoms with E-state index in [9.17, 15) is 15.0 Å². The molecule has 0 radical (unpaired) electrons. The molecule has 4 rings (SSSR count). The summed E-state index contributed by atoms with van der Waals surface area (Å²) >= 11 is 0. The number of piperazine rings is 1. The fourth-order valence-electron chi connectivity index (χ4n) is 4.93. The Morgan fingerprint density at radius 2 is 1.66 bits per heavy atom. The van der Waals surface area contributed by atoms with Crippen LogP contribution in [0.15, 0.2) is 78.4 Å². The molecule has 6 heteroatoms. The first-order valence-electron chi connectivity index (χ1n) is 13.5. The smallest absolute Gasteiger partial charge is 0.410 e. The minimum atomic E-state index is -0.494. The number of nitrogens with zero attached hydrogens (tertiary/aromatic N) is 2. The Bertz CT molecular complexity index is 1170.